The third-order valence-electron chi connectivity index (χ3n) is 3.79. The summed E-state index contributed by atoms with van der Waals surface area (Å²) in [5.74, 6) is 0.167. The molecule has 2 rings (SSSR count). The SMILES string of the molecule is Cc1ccccc1CC(C)NC(=O)CC1CCCN1.Cl. The van der Waals surface area contributed by atoms with Crippen molar-refractivity contribution < 1.29 is 4.79 Å². The first-order valence-electron chi connectivity index (χ1n) is 7.22. The van der Waals surface area contributed by atoms with Gasteiger partial charge in [0, 0.05) is 18.5 Å². The van der Waals surface area contributed by atoms with E-state index in [9.17, 15) is 4.79 Å². The second kappa shape index (κ2) is 8.28. The molecule has 1 aliphatic heterocycles. The summed E-state index contributed by atoms with van der Waals surface area (Å²) in [5, 5.41) is 6.46. The Labute approximate surface area is 127 Å². The highest BCUT2D eigenvalue weighted by atomic mass is 35.5. The fourth-order valence-corrected chi connectivity index (χ4v) is 2.71. The Morgan fingerprint density at radius 3 is 2.85 bits per heavy atom. The first-order valence-corrected chi connectivity index (χ1v) is 7.22. The topological polar surface area (TPSA) is 41.1 Å². The molecule has 0 saturated carbocycles. The van der Waals surface area contributed by atoms with Gasteiger partial charge >= 0.3 is 0 Å². The summed E-state index contributed by atoms with van der Waals surface area (Å²) in [6, 6.07) is 8.93. The van der Waals surface area contributed by atoms with E-state index in [4.69, 9.17) is 0 Å². The van der Waals surface area contributed by atoms with Crippen molar-refractivity contribution in [1.82, 2.24) is 10.6 Å². The van der Waals surface area contributed by atoms with Crippen LogP contribution in [0.5, 0.6) is 0 Å². The molecule has 1 aliphatic rings. The van der Waals surface area contributed by atoms with E-state index in [0.717, 1.165) is 19.4 Å². The van der Waals surface area contributed by atoms with Crippen LogP contribution in [0.15, 0.2) is 24.3 Å². The van der Waals surface area contributed by atoms with Crippen molar-refractivity contribution in [3.8, 4) is 0 Å². The quantitative estimate of drug-likeness (QED) is 0.877. The lowest BCUT2D eigenvalue weighted by atomic mass is 10.0. The van der Waals surface area contributed by atoms with Crippen LogP contribution < -0.4 is 10.6 Å². The minimum Gasteiger partial charge on any atom is -0.353 e. The van der Waals surface area contributed by atoms with E-state index in [2.05, 4.69) is 42.7 Å². The average Bonchev–Trinajstić information content (AvgIpc) is 2.84. The van der Waals surface area contributed by atoms with Crippen LogP contribution in [0, 0.1) is 6.92 Å². The standard InChI is InChI=1S/C16H24N2O.ClH/c1-12-6-3-4-7-14(12)10-13(2)18-16(19)11-15-8-5-9-17-15;/h3-4,6-7,13,15,17H,5,8-11H2,1-2H3,(H,18,19);1H. The van der Waals surface area contributed by atoms with Crippen LogP contribution in [0.3, 0.4) is 0 Å². The van der Waals surface area contributed by atoms with Gasteiger partial charge in [-0.25, -0.2) is 0 Å². The number of aryl methyl sites for hydroxylation is 1. The van der Waals surface area contributed by atoms with Crippen LogP contribution in [0.25, 0.3) is 0 Å². The lowest BCUT2D eigenvalue weighted by molar-refractivity contribution is -0.122. The molecule has 2 N–H and O–H groups in total. The largest absolute Gasteiger partial charge is 0.353 e. The van der Waals surface area contributed by atoms with Crippen molar-refractivity contribution in [3.05, 3.63) is 35.4 Å². The molecular formula is C16H25ClN2O. The van der Waals surface area contributed by atoms with Crippen molar-refractivity contribution in [3.63, 3.8) is 0 Å². The monoisotopic (exact) mass is 296 g/mol. The van der Waals surface area contributed by atoms with E-state index in [-0.39, 0.29) is 24.4 Å². The first-order chi connectivity index (χ1) is 9.15. The van der Waals surface area contributed by atoms with E-state index in [1.807, 2.05) is 6.07 Å². The normalized spacial score (nSPS) is 19.2. The maximum absolute atomic E-state index is 11.9. The molecule has 0 bridgehead atoms. The van der Waals surface area contributed by atoms with Crippen molar-refractivity contribution in [1.29, 1.82) is 0 Å². The van der Waals surface area contributed by atoms with Gasteiger partial charge in [-0.2, -0.15) is 0 Å². The fraction of sp³-hybridized carbons (Fsp3) is 0.562. The van der Waals surface area contributed by atoms with Gasteiger partial charge in [0.25, 0.3) is 0 Å². The van der Waals surface area contributed by atoms with Crippen LogP contribution in [-0.2, 0) is 11.2 Å². The number of amides is 1. The summed E-state index contributed by atoms with van der Waals surface area (Å²) in [6.07, 6.45) is 3.82. The first kappa shape index (κ1) is 17.0. The number of benzene rings is 1. The molecule has 1 heterocycles. The molecule has 0 spiro atoms. The Bertz CT molecular complexity index is 430. The van der Waals surface area contributed by atoms with Crippen LogP contribution in [0.1, 0.15) is 37.3 Å². The zero-order valence-corrected chi connectivity index (χ0v) is 13.1. The fourth-order valence-electron chi connectivity index (χ4n) is 2.71. The number of rotatable bonds is 5. The molecule has 0 radical (unpaired) electrons. The third kappa shape index (κ3) is 5.14. The van der Waals surface area contributed by atoms with Crippen LogP contribution in [-0.4, -0.2) is 24.5 Å². The van der Waals surface area contributed by atoms with E-state index in [1.54, 1.807) is 0 Å². The Kier molecular flexibility index (Phi) is 7.03. The Morgan fingerprint density at radius 1 is 1.45 bits per heavy atom. The summed E-state index contributed by atoms with van der Waals surface area (Å²) < 4.78 is 0. The van der Waals surface area contributed by atoms with Gasteiger partial charge in [-0.1, -0.05) is 24.3 Å². The highest BCUT2D eigenvalue weighted by Gasteiger charge is 2.18. The summed E-state index contributed by atoms with van der Waals surface area (Å²) >= 11 is 0. The minimum atomic E-state index is 0. The molecule has 1 saturated heterocycles. The highest BCUT2D eigenvalue weighted by Crippen LogP contribution is 2.11. The van der Waals surface area contributed by atoms with Crippen molar-refractivity contribution in [2.75, 3.05) is 6.54 Å². The van der Waals surface area contributed by atoms with E-state index >= 15 is 0 Å². The number of halogens is 1. The molecular weight excluding hydrogens is 272 g/mol. The van der Waals surface area contributed by atoms with Gasteiger partial charge < -0.3 is 10.6 Å². The summed E-state index contributed by atoms with van der Waals surface area (Å²) in [4.78, 5) is 11.9. The molecule has 3 nitrogen and oxygen atoms in total. The van der Waals surface area contributed by atoms with Gasteiger partial charge in [-0.3, -0.25) is 4.79 Å². The van der Waals surface area contributed by atoms with Gasteiger partial charge in [0.2, 0.25) is 5.91 Å². The van der Waals surface area contributed by atoms with E-state index in [0.29, 0.717) is 12.5 Å². The summed E-state index contributed by atoms with van der Waals surface area (Å²) in [5.41, 5.74) is 2.61. The van der Waals surface area contributed by atoms with E-state index < -0.39 is 0 Å². The number of nitrogens with one attached hydrogen (secondary N) is 2. The summed E-state index contributed by atoms with van der Waals surface area (Å²) in [7, 11) is 0. The smallest absolute Gasteiger partial charge is 0.221 e. The second-order valence-electron chi connectivity index (χ2n) is 5.60. The van der Waals surface area contributed by atoms with Gasteiger partial charge in [-0.15, -0.1) is 12.4 Å². The van der Waals surface area contributed by atoms with Gasteiger partial charge in [0.1, 0.15) is 0 Å². The minimum absolute atomic E-state index is 0. The highest BCUT2D eigenvalue weighted by molar-refractivity contribution is 5.85. The number of hydrogen-bond donors (Lipinski definition) is 2. The number of hydrogen-bond acceptors (Lipinski definition) is 2. The third-order valence-corrected chi connectivity index (χ3v) is 3.79. The molecule has 0 aliphatic carbocycles. The molecule has 2 unspecified atom stereocenters. The molecule has 20 heavy (non-hydrogen) atoms. The second-order valence-corrected chi connectivity index (χ2v) is 5.60. The van der Waals surface area contributed by atoms with Gasteiger partial charge in [0.15, 0.2) is 0 Å². The molecule has 1 amide bonds. The molecule has 1 aromatic rings. The summed E-state index contributed by atoms with van der Waals surface area (Å²) in [6.45, 7) is 5.25. The lowest BCUT2D eigenvalue weighted by Crippen LogP contribution is -2.37. The molecule has 112 valence electrons. The average molecular weight is 297 g/mol. The molecule has 4 heteroatoms. The van der Waals surface area contributed by atoms with Crippen LogP contribution >= 0.6 is 12.4 Å². The number of carbonyl (C=O) groups is 1. The Morgan fingerprint density at radius 2 is 2.20 bits per heavy atom. The molecule has 2 atom stereocenters. The van der Waals surface area contributed by atoms with Crippen LogP contribution in [0.4, 0.5) is 0 Å². The molecule has 0 aromatic heterocycles. The van der Waals surface area contributed by atoms with Gasteiger partial charge in [-0.05, 0) is 50.8 Å². The Hall–Kier alpha value is -1.06. The van der Waals surface area contributed by atoms with Crippen LogP contribution in [0.2, 0.25) is 0 Å². The maximum atomic E-state index is 11.9. The number of carbonyl (C=O) groups excluding carboxylic acids is 1. The zero-order chi connectivity index (χ0) is 13.7. The predicted molar refractivity (Wildman–Crippen MR) is 85.4 cm³/mol. The Balaban J connectivity index is 0.00000200. The van der Waals surface area contributed by atoms with E-state index in [1.165, 1.54) is 17.5 Å². The maximum Gasteiger partial charge on any atom is 0.221 e. The predicted octanol–water partition coefficient (Wildman–Crippen LogP) is 2.61. The molecule has 1 aromatic carbocycles. The lowest BCUT2D eigenvalue weighted by Gasteiger charge is -2.17. The zero-order valence-electron chi connectivity index (χ0n) is 12.3. The van der Waals surface area contributed by atoms with Gasteiger partial charge in [0.05, 0.1) is 0 Å². The van der Waals surface area contributed by atoms with Crippen molar-refractivity contribution >= 4 is 18.3 Å². The molecule has 1 fully saturated rings. The van der Waals surface area contributed by atoms with Crippen molar-refractivity contribution in [2.45, 2.75) is 51.6 Å². The van der Waals surface area contributed by atoms with Crippen molar-refractivity contribution in [2.24, 2.45) is 0 Å².